The van der Waals surface area contributed by atoms with Gasteiger partial charge in [-0.15, -0.1) is 0 Å². The SMILES string of the molecule is CC(C)(C)NC(=O)Nc1ccc(Sc2ccc(NC(=O)C(C)(O)C(F)(F)F)c(Cl)c2)cc1. The molecular formula is C21H23ClF3N3O3S. The van der Waals surface area contributed by atoms with Crippen molar-refractivity contribution in [3.8, 4) is 0 Å². The second-order valence-electron chi connectivity index (χ2n) is 8.12. The van der Waals surface area contributed by atoms with E-state index in [1.165, 1.54) is 23.9 Å². The molecular weight excluding hydrogens is 467 g/mol. The minimum Gasteiger partial charge on any atom is -0.373 e. The first-order valence-corrected chi connectivity index (χ1v) is 10.5. The molecule has 2 aromatic carbocycles. The Morgan fingerprint density at radius 2 is 1.50 bits per heavy atom. The zero-order valence-electron chi connectivity index (χ0n) is 17.7. The summed E-state index contributed by atoms with van der Waals surface area (Å²) in [4.78, 5) is 25.2. The summed E-state index contributed by atoms with van der Waals surface area (Å²) in [6.45, 7) is 5.97. The molecule has 0 aliphatic heterocycles. The van der Waals surface area contributed by atoms with Crippen molar-refractivity contribution in [3.63, 3.8) is 0 Å². The standard InChI is InChI=1S/C21H23ClF3N3O3S/c1-19(2,3)28-18(30)26-12-5-7-13(8-6-12)32-14-9-10-16(15(22)11-14)27-17(29)20(4,31)21(23,24)25/h5-11,31H,1-4H3,(H,27,29)(H2,26,28,30). The highest BCUT2D eigenvalue weighted by Gasteiger charge is 2.55. The van der Waals surface area contributed by atoms with Crippen LogP contribution in [0.3, 0.4) is 0 Å². The van der Waals surface area contributed by atoms with Crippen LogP contribution in [-0.4, -0.2) is 34.4 Å². The van der Waals surface area contributed by atoms with Gasteiger partial charge in [0.2, 0.25) is 5.60 Å². The predicted molar refractivity (Wildman–Crippen MR) is 119 cm³/mol. The van der Waals surface area contributed by atoms with Gasteiger partial charge in [0.15, 0.2) is 0 Å². The molecule has 1 atom stereocenters. The summed E-state index contributed by atoms with van der Waals surface area (Å²) < 4.78 is 38.4. The van der Waals surface area contributed by atoms with Gasteiger partial charge in [0.1, 0.15) is 0 Å². The molecule has 2 aromatic rings. The van der Waals surface area contributed by atoms with Crippen molar-refractivity contribution in [3.05, 3.63) is 47.5 Å². The summed E-state index contributed by atoms with van der Waals surface area (Å²) >= 11 is 7.42. The molecule has 0 radical (unpaired) electrons. The lowest BCUT2D eigenvalue weighted by atomic mass is 10.1. The third-order valence-corrected chi connectivity index (χ3v) is 5.33. The molecule has 0 saturated heterocycles. The number of alkyl halides is 3. The lowest BCUT2D eigenvalue weighted by Crippen LogP contribution is -2.52. The number of carbonyl (C=O) groups excluding carboxylic acids is 2. The Kier molecular flexibility index (Phi) is 7.75. The monoisotopic (exact) mass is 489 g/mol. The van der Waals surface area contributed by atoms with Crippen LogP contribution in [0.15, 0.2) is 52.3 Å². The van der Waals surface area contributed by atoms with Crippen LogP contribution < -0.4 is 16.0 Å². The summed E-state index contributed by atoms with van der Waals surface area (Å²) in [7, 11) is 0. The summed E-state index contributed by atoms with van der Waals surface area (Å²) in [5.41, 5.74) is -3.38. The van der Waals surface area contributed by atoms with Crippen LogP contribution >= 0.6 is 23.4 Å². The lowest BCUT2D eigenvalue weighted by Gasteiger charge is -2.25. The van der Waals surface area contributed by atoms with Crippen molar-refractivity contribution in [1.82, 2.24) is 5.32 Å². The van der Waals surface area contributed by atoms with E-state index in [1.807, 2.05) is 26.1 Å². The van der Waals surface area contributed by atoms with Crippen LogP contribution in [0.1, 0.15) is 27.7 Å². The fourth-order valence-corrected chi connectivity index (χ4v) is 3.43. The van der Waals surface area contributed by atoms with Gasteiger partial charge >= 0.3 is 12.2 Å². The maximum Gasteiger partial charge on any atom is 0.426 e. The molecule has 4 N–H and O–H groups in total. The third-order valence-electron chi connectivity index (χ3n) is 4.02. The highest BCUT2D eigenvalue weighted by atomic mass is 35.5. The van der Waals surface area contributed by atoms with E-state index in [9.17, 15) is 27.9 Å². The van der Waals surface area contributed by atoms with Crippen molar-refractivity contribution >= 4 is 46.7 Å². The maximum absolute atomic E-state index is 12.8. The van der Waals surface area contributed by atoms with E-state index in [2.05, 4.69) is 10.6 Å². The summed E-state index contributed by atoms with van der Waals surface area (Å²) in [6.07, 6.45) is -5.13. The molecule has 0 aliphatic carbocycles. The molecule has 0 fully saturated rings. The molecule has 0 heterocycles. The number of nitrogens with one attached hydrogen (secondary N) is 3. The largest absolute Gasteiger partial charge is 0.426 e. The van der Waals surface area contributed by atoms with E-state index < -0.39 is 17.7 Å². The maximum atomic E-state index is 12.8. The normalized spacial score (nSPS) is 13.8. The number of amides is 3. The van der Waals surface area contributed by atoms with E-state index >= 15 is 0 Å². The highest BCUT2D eigenvalue weighted by Crippen LogP contribution is 2.35. The number of hydrogen-bond acceptors (Lipinski definition) is 4. The van der Waals surface area contributed by atoms with Crippen molar-refractivity contribution in [2.24, 2.45) is 0 Å². The average molecular weight is 490 g/mol. The van der Waals surface area contributed by atoms with E-state index in [4.69, 9.17) is 11.6 Å². The zero-order valence-corrected chi connectivity index (χ0v) is 19.3. The predicted octanol–water partition coefficient (Wildman–Crippen LogP) is 5.66. The number of carbonyl (C=O) groups is 2. The first-order chi connectivity index (χ1) is 14.6. The van der Waals surface area contributed by atoms with Gasteiger partial charge in [-0.05, 0) is 70.2 Å². The first kappa shape index (κ1) is 25.8. The molecule has 6 nitrogen and oxygen atoms in total. The van der Waals surface area contributed by atoms with Gasteiger partial charge in [-0.1, -0.05) is 23.4 Å². The number of anilines is 2. The van der Waals surface area contributed by atoms with Crippen LogP contribution in [0.4, 0.5) is 29.3 Å². The number of aliphatic hydroxyl groups is 1. The Bertz CT molecular complexity index is 991. The van der Waals surface area contributed by atoms with Gasteiger partial charge in [-0.25, -0.2) is 4.79 Å². The van der Waals surface area contributed by atoms with E-state index in [0.29, 0.717) is 17.5 Å². The molecule has 0 saturated carbocycles. The molecule has 2 rings (SSSR count). The fourth-order valence-electron chi connectivity index (χ4n) is 2.28. The molecule has 0 bridgehead atoms. The molecule has 174 valence electrons. The van der Waals surface area contributed by atoms with E-state index in [1.54, 1.807) is 30.3 Å². The third kappa shape index (κ3) is 7.04. The lowest BCUT2D eigenvalue weighted by molar-refractivity contribution is -0.242. The zero-order chi connectivity index (χ0) is 24.3. The van der Waals surface area contributed by atoms with Gasteiger partial charge < -0.3 is 21.1 Å². The minimum atomic E-state index is -5.13. The van der Waals surface area contributed by atoms with Crippen LogP contribution in [0, 0.1) is 0 Å². The van der Waals surface area contributed by atoms with Gasteiger partial charge in [0.05, 0.1) is 10.7 Å². The Morgan fingerprint density at radius 3 is 2.00 bits per heavy atom. The average Bonchev–Trinajstić information content (AvgIpc) is 2.63. The molecule has 32 heavy (non-hydrogen) atoms. The molecule has 0 spiro atoms. The number of halogens is 4. The van der Waals surface area contributed by atoms with Crippen LogP contribution in [0.5, 0.6) is 0 Å². The Hall–Kier alpha value is -2.43. The summed E-state index contributed by atoms with van der Waals surface area (Å²) in [6, 6.07) is 11.1. The second-order valence-corrected chi connectivity index (χ2v) is 9.68. The van der Waals surface area contributed by atoms with Crippen molar-refractivity contribution in [2.45, 2.75) is 54.8 Å². The highest BCUT2D eigenvalue weighted by molar-refractivity contribution is 7.99. The van der Waals surface area contributed by atoms with Gasteiger partial charge in [-0.3, -0.25) is 4.79 Å². The van der Waals surface area contributed by atoms with E-state index in [-0.39, 0.29) is 22.3 Å². The first-order valence-electron chi connectivity index (χ1n) is 9.36. The van der Waals surface area contributed by atoms with Crippen LogP contribution in [-0.2, 0) is 4.79 Å². The quantitative estimate of drug-likeness (QED) is 0.436. The van der Waals surface area contributed by atoms with Crippen molar-refractivity contribution < 1.29 is 27.9 Å². The Labute approximate surface area is 192 Å². The molecule has 11 heteroatoms. The summed E-state index contributed by atoms with van der Waals surface area (Å²) in [5.74, 6) is -1.63. The molecule has 1 unspecified atom stereocenters. The van der Waals surface area contributed by atoms with Crippen molar-refractivity contribution in [1.29, 1.82) is 0 Å². The molecule has 0 aromatic heterocycles. The second kappa shape index (κ2) is 9.60. The smallest absolute Gasteiger partial charge is 0.373 e. The Balaban J connectivity index is 2.03. The Morgan fingerprint density at radius 1 is 0.938 bits per heavy atom. The van der Waals surface area contributed by atoms with Crippen molar-refractivity contribution in [2.75, 3.05) is 10.6 Å². The van der Waals surface area contributed by atoms with Gasteiger partial charge in [0.25, 0.3) is 5.91 Å². The number of benzene rings is 2. The van der Waals surface area contributed by atoms with Crippen LogP contribution in [0.2, 0.25) is 5.02 Å². The number of rotatable bonds is 5. The fraction of sp³-hybridized carbons (Fsp3) is 0.333. The summed E-state index contributed by atoms with van der Waals surface area (Å²) in [5, 5.41) is 17.0. The van der Waals surface area contributed by atoms with E-state index in [0.717, 1.165) is 4.90 Å². The van der Waals surface area contributed by atoms with Gasteiger partial charge in [-0.2, -0.15) is 13.2 Å². The minimum absolute atomic E-state index is 0.0125. The number of urea groups is 1. The molecule has 3 amide bonds. The molecule has 0 aliphatic rings. The van der Waals surface area contributed by atoms with Crippen LogP contribution in [0.25, 0.3) is 0 Å². The van der Waals surface area contributed by atoms with Gasteiger partial charge in [0, 0.05) is 21.0 Å². The topological polar surface area (TPSA) is 90.5 Å². The number of hydrogen-bond donors (Lipinski definition) is 4.